The molecule has 1 amide bonds. The Morgan fingerprint density at radius 2 is 2.04 bits per heavy atom. The van der Waals surface area contributed by atoms with E-state index in [4.69, 9.17) is 5.26 Å². The van der Waals surface area contributed by atoms with Crippen LogP contribution in [0.2, 0.25) is 0 Å². The fourth-order valence-electron chi connectivity index (χ4n) is 2.99. The predicted octanol–water partition coefficient (Wildman–Crippen LogP) is 2.65. The van der Waals surface area contributed by atoms with Crippen molar-refractivity contribution in [2.45, 2.75) is 19.0 Å². The van der Waals surface area contributed by atoms with Crippen molar-refractivity contribution in [1.82, 2.24) is 10.6 Å². The van der Waals surface area contributed by atoms with Gasteiger partial charge in [-0.15, -0.1) is 24.0 Å². The summed E-state index contributed by atoms with van der Waals surface area (Å²) in [5.41, 5.74) is 2.55. The fourth-order valence-corrected chi connectivity index (χ4v) is 2.99. The zero-order valence-electron chi connectivity index (χ0n) is 15.1. The molecular weight excluding hydrogens is 453 g/mol. The first-order chi connectivity index (χ1) is 12.7. The second-order valence-electron chi connectivity index (χ2n) is 6.12. The van der Waals surface area contributed by atoms with E-state index in [1.165, 1.54) is 0 Å². The summed E-state index contributed by atoms with van der Waals surface area (Å²) < 4.78 is 0. The van der Waals surface area contributed by atoms with Crippen LogP contribution in [0.1, 0.15) is 17.5 Å². The molecule has 0 saturated carbocycles. The van der Waals surface area contributed by atoms with Crippen LogP contribution >= 0.6 is 24.0 Å². The van der Waals surface area contributed by atoms with Crippen molar-refractivity contribution in [3.05, 3.63) is 65.7 Å². The van der Waals surface area contributed by atoms with E-state index in [1.54, 1.807) is 18.0 Å². The Balaban J connectivity index is 0.00000261. The van der Waals surface area contributed by atoms with E-state index < -0.39 is 0 Å². The highest BCUT2D eigenvalue weighted by atomic mass is 127. The van der Waals surface area contributed by atoms with E-state index in [9.17, 15) is 4.79 Å². The Morgan fingerprint density at radius 3 is 2.74 bits per heavy atom. The smallest absolute Gasteiger partial charge is 0.229 e. The summed E-state index contributed by atoms with van der Waals surface area (Å²) in [6.07, 6.45) is 0.430. The lowest BCUT2D eigenvalue weighted by Crippen LogP contribution is -2.44. The van der Waals surface area contributed by atoms with Crippen molar-refractivity contribution in [2.24, 2.45) is 4.99 Å². The number of carbonyl (C=O) groups is 1. The zero-order valence-corrected chi connectivity index (χ0v) is 17.4. The lowest BCUT2D eigenvalue weighted by Gasteiger charge is -2.19. The number of benzene rings is 2. The van der Waals surface area contributed by atoms with E-state index in [0.717, 1.165) is 11.3 Å². The molecule has 6 nitrogen and oxygen atoms in total. The molecule has 0 aromatic heterocycles. The quantitative estimate of drug-likeness (QED) is 0.405. The van der Waals surface area contributed by atoms with Crippen molar-refractivity contribution in [2.75, 3.05) is 18.5 Å². The lowest BCUT2D eigenvalue weighted by atomic mass is 10.1. The van der Waals surface area contributed by atoms with Gasteiger partial charge in [0, 0.05) is 32.2 Å². The number of nitrogens with one attached hydrogen (secondary N) is 2. The number of guanidine groups is 1. The molecule has 1 heterocycles. The minimum atomic E-state index is -0.000603. The van der Waals surface area contributed by atoms with E-state index >= 15 is 0 Å². The van der Waals surface area contributed by atoms with Crippen LogP contribution in [0.4, 0.5) is 5.69 Å². The van der Waals surface area contributed by atoms with Crippen molar-refractivity contribution >= 4 is 41.5 Å². The average molecular weight is 475 g/mol. The molecule has 1 atom stereocenters. The summed E-state index contributed by atoms with van der Waals surface area (Å²) in [4.78, 5) is 18.3. The molecule has 7 heteroatoms. The Labute approximate surface area is 176 Å². The van der Waals surface area contributed by atoms with Crippen molar-refractivity contribution in [3.8, 4) is 6.07 Å². The number of aliphatic imine (C=N–C) groups is 1. The average Bonchev–Trinajstić information content (AvgIpc) is 3.06. The molecule has 140 valence electrons. The number of amides is 1. The molecule has 1 saturated heterocycles. The molecule has 1 aliphatic rings. The maximum absolute atomic E-state index is 12.3. The number of para-hydroxylation sites is 1. The number of halogens is 1. The largest absolute Gasteiger partial charge is 0.352 e. The van der Waals surface area contributed by atoms with Gasteiger partial charge in [-0.05, 0) is 29.8 Å². The predicted molar refractivity (Wildman–Crippen MR) is 117 cm³/mol. The molecule has 3 rings (SSSR count). The lowest BCUT2D eigenvalue weighted by molar-refractivity contribution is -0.117. The second kappa shape index (κ2) is 9.92. The molecule has 0 bridgehead atoms. The summed E-state index contributed by atoms with van der Waals surface area (Å²) >= 11 is 0. The van der Waals surface area contributed by atoms with Gasteiger partial charge in [0.2, 0.25) is 5.91 Å². The molecule has 27 heavy (non-hydrogen) atoms. The Kier molecular flexibility index (Phi) is 7.61. The van der Waals surface area contributed by atoms with E-state index in [1.807, 2.05) is 48.5 Å². The minimum Gasteiger partial charge on any atom is -0.352 e. The fraction of sp³-hybridized carbons (Fsp3) is 0.250. The number of nitriles is 1. The molecule has 1 aliphatic heterocycles. The van der Waals surface area contributed by atoms with Gasteiger partial charge in [-0.1, -0.05) is 30.3 Å². The number of anilines is 1. The summed E-state index contributed by atoms with van der Waals surface area (Å²) in [5.74, 6) is 0.742. The van der Waals surface area contributed by atoms with Crippen LogP contribution < -0.4 is 15.5 Å². The van der Waals surface area contributed by atoms with Crippen LogP contribution in [0.3, 0.4) is 0 Å². The molecular formula is C20H22IN5O. The standard InChI is InChI=1S/C20H21N5O.HI/c1-22-20(23-13-16-7-5-6-15(10-16)12-21)24-17-11-19(26)25(14-17)18-8-3-2-4-9-18;/h2-10,17H,11,13-14H2,1H3,(H2,22,23,24);1H. The van der Waals surface area contributed by atoms with E-state index in [0.29, 0.717) is 31.0 Å². The zero-order chi connectivity index (χ0) is 18.4. The van der Waals surface area contributed by atoms with Crippen LogP contribution in [-0.2, 0) is 11.3 Å². The van der Waals surface area contributed by atoms with Gasteiger partial charge in [-0.3, -0.25) is 9.79 Å². The molecule has 2 N–H and O–H groups in total. The van der Waals surface area contributed by atoms with Gasteiger partial charge >= 0.3 is 0 Å². The summed E-state index contributed by atoms with van der Waals surface area (Å²) in [5, 5.41) is 15.5. The Hall–Kier alpha value is -2.60. The van der Waals surface area contributed by atoms with Crippen LogP contribution in [0.5, 0.6) is 0 Å². The molecule has 2 aromatic carbocycles. The van der Waals surface area contributed by atoms with Crippen molar-refractivity contribution < 1.29 is 4.79 Å². The normalized spacial score (nSPS) is 16.4. The molecule has 1 unspecified atom stereocenters. The van der Waals surface area contributed by atoms with Crippen LogP contribution in [0, 0.1) is 11.3 Å². The maximum atomic E-state index is 12.3. The minimum absolute atomic E-state index is 0. The van der Waals surface area contributed by atoms with Gasteiger partial charge < -0.3 is 15.5 Å². The Bertz CT molecular complexity index is 847. The van der Waals surface area contributed by atoms with Crippen LogP contribution in [0.25, 0.3) is 0 Å². The first kappa shape index (κ1) is 20.7. The van der Waals surface area contributed by atoms with Gasteiger partial charge in [0.1, 0.15) is 0 Å². The van der Waals surface area contributed by atoms with Gasteiger partial charge in [0.25, 0.3) is 0 Å². The third-order valence-corrected chi connectivity index (χ3v) is 4.27. The highest BCUT2D eigenvalue weighted by Gasteiger charge is 2.30. The van der Waals surface area contributed by atoms with Gasteiger partial charge in [-0.2, -0.15) is 5.26 Å². The van der Waals surface area contributed by atoms with Crippen molar-refractivity contribution in [3.63, 3.8) is 0 Å². The topological polar surface area (TPSA) is 80.5 Å². The molecule has 0 radical (unpaired) electrons. The van der Waals surface area contributed by atoms with Gasteiger partial charge in [-0.25, -0.2) is 0 Å². The highest BCUT2D eigenvalue weighted by molar-refractivity contribution is 14.0. The van der Waals surface area contributed by atoms with E-state index in [2.05, 4.69) is 21.7 Å². The van der Waals surface area contributed by atoms with Crippen LogP contribution in [0.15, 0.2) is 59.6 Å². The molecule has 1 fully saturated rings. The molecule has 0 aliphatic carbocycles. The third kappa shape index (κ3) is 5.44. The first-order valence-electron chi connectivity index (χ1n) is 8.51. The molecule has 2 aromatic rings. The maximum Gasteiger partial charge on any atom is 0.229 e. The summed E-state index contributed by atoms with van der Waals surface area (Å²) in [6, 6.07) is 19.2. The van der Waals surface area contributed by atoms with Crippen molar-refractivity contribution in [1.29, 1.82) is 5.26 Å². The number of rotatable bonds is 4. The van der Waals surface area contributed by atoms with Gasteiger partial charge in [0.05, 0.1) is 17.7 Å². The number of hydrogen-bond donors (Lipinski definition) is 2. The number of carbonyl (C=O) groups excluding carboxylic acids is 1. The highest BCUT2D eigenvalue weighted by Crippen LogP contribution is 2.20. The van der Waals surface area contributed by atoms with Gasteiger partial charge in [0.15, 0.2) is 5.96 Å². The van der Waals surface area contributed by atoms with E-state index in [-0.39, 0.29) is 35.9 Å². The monoisotopic (exact) mass is 475 g/mol. The summed E-state index contributed by atoms with van der Waals surface area (Å²) in [6.45, 7) is 1.16. The first-order valence-corrected chi connectivity index (χ1v) is 8.51. The Morgan fingerprint density at radius 1 is 1.26 bits per heavy atom. The SMILES string of the molecule is CN=C(NCc1cccc(C#N)c1)NC1CC(=O)N(c2ccccc2)C1.I. The second-order valence-corrected chi connectivity index (χ2v) is 6.12. The number of hydrogen-bond acceptors (Lipinski definition) is 3. The van der Waals surface area contributed by atoms with Crippen LogP contribution in [-0.4, -0.2) is 31.5 Å². The summed E-state index contributed by atoms with van der Waals surface area (Å²) in [7, 11) is 1.70. The third-order valence-electron chi connectivity index (χ3n) is 4.27. The number of nitrogens with zero attached hydrogens (tertiary/aromatic N) is 3. The molecule has 0 spiro atoms.